The van der Waals surface area contributed by atoms with Crippen LogP contribution in [0.3, 0.4) is 0 Å². The van der Waals surface area contributed by atoms with Gasteiger partial charge in [0.1, 0.15) is 17.2 Å². The molecule has 1 amide bonds. The van der Waals surface area contributed by atoms with Crippen LogP contribution < -0.4 is 4.90 Å². The summed E-state index contributed by atoms with van der Waals surface area (Å²) < 4.78 is 49.8. The Morgan fingerprint density at radius 1 is 1.41 bits per heavy atom. The van der Waals surface area contributed by atoms with Crippen molar-refractivity contribution in [2.24, 2.45) is 0 Å². The first-order valence-corrected chi connectivity index (χ1v) is 10.4. The third-order valence-electron chi connectivity index (χ3n) is 3.78. The van der Waals surface area contributed by atoms with Gasteiger partial charge in [-0.2, -0.15) is 18.3 Å². The molecule has 0 fully saturated rings. The lowest BCUT2D eigenvalue weighted by molar-refractivity contribution is -0.134. The van der Waals surface area contributed by atoms with Gasteiger partial charge < -0.3 is 4.55 Å². The molecule has 156 valence electrons. The van der Waals surface area contributed by atoms with Gasteiger partial charge in [0.25, 0.3) is 0 Å². The summed E-state index contributed by atoms with van der Waals surface area (Å²) in [5.74, 6) is 1.73. The van der Waals surface area contributed by atoms with E-state index < -0.39 is 29.7 Å². The van der Waals surface area contributed by atoms with Gasteiger partial charge in [0, 0.05) is 19.0 Å². The molecule has 0 saturated heterocycles. The van der Waals surface area contributed by atoms with Gasteiger partial charge in [0.2, 0.25) is 5.91 Å². The van der Waals surface area contributed by atoms with E-state index in [2.05, 4.69) is 16.0 Å². The lowest BCUT2D eigenvalue weighted by atomic mass is 10.3. The van der Waals surface area contributed by atoms with Crippen LogP contribution in [0.25, 0.3) is 5.69 Å². The van der Waals surface area contributed by atoms with E-state index in [0.717, 1.165) is 0 Å². The predicted molar refractivity (Wildman–Crippen MR) is 105 cm³/mol. The molecule has 2 heterocycles. The van der Waals surface area contributed by atoms with Crippen LogP contribution in [-0.2, 0) is 16.0 Å². The second kappa shape index (κ2) is 10.5. The molecule has 1 atom stereocenters. The normalized spacial score (nSPS) is 12.4. The molecule has 1 unspecified atom stereocenters. The summed E-state index contributed by atoms with van der Waals surface area (Å²) in [4.78, 5) is 17.8. The van der Waals surface area contributed by atoms with Crippen LogP contribution in [0.2, 0.25) is 5.15 Å². The maximum Gasteiger partial charge on any atom is 0.389 e. The van der Waals surface area contributed by atoms with Gasteiger partial charge in [-0.3, -0.25) is 14.7 Å². The van der Waals surface area contributed by atoms with Crippen molar-refractivity contribution in [2.45, 2.75) is 25.4 Å². The van der Waals surface area contributed by atoms with Gasteiger partial charge in [0.05, 0.1) is 31.0 Å². The standard InChI is InChI=1S/C18H18ClF3N4O2S/c1-2-9-25(16(27)6-11-29(28)10-4-7-18(20,21)22)15-13-26(24-17(15)19)14-5-3-8-23-12-14/h1,3,5,8,12-13H,4,6-7,9-11H2. The van der Waals surface area contributed by atoms with Gasteiger partial charge in [-0.1, -0.05) is 28.7 Å². The molecule has 2 aromatic heterocycles. The molecule has 0 spiro atoms. The number of hydrogen-bond acceptors (Lipinski definition) is 4. The highest BCUT2D eigenvalue weighted by atomic mass is 35.5. The minimum Gasteiger partial charge on any atom is -0.616 e. The molecule has 2 rings (SSSR count). The Bertz CT molecular complexity index is 855. The average Bonchev–Trinajstić information content (AvgIpc) is 3.05. The molecule has 0 bridgehead atoms. The maximum absolute atomic E-state index is 12.6. The highest BCUT2D eigenvalue weighted by molar-refractivity contribution is 7.91. The third-order valence-corrected chi connectivity index (χ3v) is 5.45. The molecule has 11 heteroatoms. The van der Waals surface area contributed by atoms with Gasteiger partial charge in [0.15, 0.2) is 5.15 Å². The third kappa shape index (κ3) is 7.27. The van der Waals surface area contributed by atoms with Crippen LogP contribution in [0.5, 0.6) is 0 Å². The monoisotopic (exact) mass is 446 g/mol. The van der Waals surface area contributed by atoms with Gasteiger partial charge >= 0.3 is 6.18 Å². The quantitative estimate of drug-likeness (QED) is 0.437. The lowest BCUT2D eigenvalue weighted by Crippen LogP contribution is -2.33. The second-order valence-corrected chi connectivity index (χ2v) is 8.02. The SMILES string of the molecule is C#CCN(C(=O)CC[S+]([O-])CCCC(F)(F)F)c1cn(-c2cccnc2)nc1Cl. The zero-order chi connectivity index (χ0) is 21.4. The smallest absolute Gasteiger partial charge is 0.389 e. The number of terminal acetylenes is 1. The molecule has 2 aromatic rings. The number of carbonyl (C=O) groups is 1. The molecular weight excluding hydrogens is 429 g/mol. The summed E-state index contributed by atoms with van der Waals surface area (Å²) >= 11 is 4.62. The molecule has 0 aliphatic heterocycles. The molecule has 29 heavy (non-hydrogen) atoms. The van der Waals surface area contributed by atoms with E-state index in [1.807, 2.05) is 0 Å². The van der Waals surface area contributed by atoms with Crippen LogP contribution in [0, 0.1) is 12.3 Å². The Labute approximate surface area is 174 Å². The molecule has 6 nitrogen and oxygen atoms in total. The first kappa shape index (κ1) is 23.1. The largest absolute Gasteiger partial charge is 0.616 e. The van der Waals surface area contributed by atoms with Crippen molar-refractivity contribution in [3.05, 3.63) is 35.9 Å². The summed E-state index contributed by atoms with van der Waals surface area (Å²) in [7, 11) is 0. The molecule has 0 aliphatic rings. The summed E-state index contributed by atoms with van der Waals surface area (Å²) in [5, 5.41) is 4.18. The van der Waals surface area contributed by atoms with Crippen LogP contribution in [-0.4, -0.2) is 49.5 Å². The Kier molecular flexibility index (Phi) is 8.37. The molecule has 0 aromatic carbocycles. The van der Waals surface area contributed by atoms with Gasteiger partial charge in [-0.05, 0) is 12.1 Å². The Hall–Kier alpha value is -2.22. The van der Waals surface area contributed by atoms with Crippen molar-refractivity contribution in [2.75, 3.05) is 23.0 Å². The number of anilines is 1. The highest BCUT2D eigenvalue weighted by Crippen LogP contribution is 2.26. The minimum absolute atomic E-state index is 0.0451. The Morgan fingerprint density at radius 3 is 2.79 bits per heavy atom. The number of pyridine rings is 1. The number of carbonyl (C=O) groups excluding carboxylic acids is 1. The molecule has 0 saturated carbocycles. The average molecular weight is 447 g/mol. The van der Waals surface area contributed by atoms with Crippen LogP contribution in [0.4, 0.5) is 18.9 Å². The van der Waals surface area contributed by atoms with E-state index in [1.165, 1.54) is 15.8 Å². The lowest BCUT2D eigenvalue weighted by Gasteiger charge is -2.19. The van der Waals surface area contributed by atoms with Crippen LogP contribution >= 0.6 is 11.6 Å². The first-order chi connectivity index (χ1) is 13.7. The van der Waals surface area contributed by atoms with Crippen LogP contribution in [0.15, 0.2) is 30.7 Å². The summed E-state index contributed by atoms with van der Waals surface area (Å²) in [6.45, 7) is -0.0853. The first-order valence-electron chi connectivity index (χ1n) is 8.52. The topological polar surface area (TPSA) is 74.1 Å². The highest BCUT2D eigenvalue weighted by Gasteiger charge is 2.28. The number of halogens is 4. The second-order valence-electron chi connectivity index (χ2n) is 5.96. The van der Waals surface area contributed by atoms with E-state index in [1.54, 1.807) is 24.5 Å². The van der Waals surface area contributed by atoms with Crippen molar-refractivity contribution < 1.29 is 22.5 Å². The van der Waals surface area contributed by atoms with Crippen molar-refractivity contribution in [3.63, 3.8) is 0 Å². The van der Waals surface area contributed by atoms with E-state index in [-0.39, 0.29) is 41.7 Å². The van der Waals surface area contributed by atoms with Crippen molar-refractivity contribution >= 4 is 34.4 Å². The fourth-order valence-electron chi connectivity index (χ4n) is 2.42. The predicted octanol–water partition coefficient (Wildman–Crippen LogP) is 3.37. The number of nitrogens with zero attached hydrogens (tertiary/aromatic N) is 4. The van der Waals surface area contributed by atoms with Crippen molar-refractivity contribution in [3.8, 4) is 18.0 Å². The van der Waals surface area contributed by atoms with Gasteiger partial charge in [-0.15, -0.1) is 6.42 Å². The fraction of sp³-hybridized carbons (Fsp3) is 0.389. The maximum atomic E-state index is 12.6. The number of hydrogen-bond donors (Lipinski definition) is 0. The van der Waals surface area contributed by atoms with Gasteiger partial charge in [-0.25, -0.2) is 4.68 Å². The number of amides is 1. The van der Waals surface area contributed by atoms with E-state index in [0.29, 0.717) is 5.69 Å². The molecule has 0 aliphatic carbocycles. The zero-order valence-corrected chi connectivity index (χ0v) is 16.8. The van der Waals surface area contributed by atoms with Crippen molar-refractivity contribution in [1.29, 1.82) is 0 Å². The summed E-state index contributed by atoms with van der Waals surface area (Å²) in [6.07, 6.45) is 4.35. The summed E-state index contributed by atoms with van der Waals surface area (Å²) in [6, 6.07) is 3.46. The minimum atomic E-state index is -4.28. The van der Waals surface area contributed by atoms with E-state index in [9.17, 15) is 22.5 Å². The number of rotatable bonds is 9. The van der Waals surface area contributed by atoms with Crippen LogP contribution in [0.1, 0.15) is 19.3 Å². The molecular formula is C18H18ClF3N4O2S. The Morgan fingerprint density at radius 2 is 2.17 bits per heavy atom. The number of aromatic nitrogens is 3. The Balaban J connectivity index is 2.01. The van der Waals surface area contributed by atoms with E-state index in [4.69, 9.17) is 18.0 Å². The number of alkyl halides is 3. The summed E-state index contributed by atoms with van der Waals surface area (Å²) in [5.41, 5.74) is 0.904. The molecule has 0 N–H and O–H groups in total. The zero-order valence-electron chi connectivity index (χ0n) is 15.2. The fourth-order valence-corrected chi connectivity index (χ4v) is 3.72. The van der Waals surface area contributed by atoms with E-state index >= 15 is 0 Å². The molecule has 0 radical (unpaired) electrons. The van der Waals surface area contributed by atoms with Crippen molar-refractivity contribution in [1.82, 2.24) is 14.8 Å².